The number of hydrogen-bond donors (Lipinski definition) is 0. The Morgan fingerprint density at radius 1 is 0.897 bits per heavy atom. The van der Waals surface area contributed by atoms with Crippen LogP contribution in [0, 0.1) is 0 Å². The Labute approximate surface area is 181 Å². The first-order valence-corrected chi connectivity index (χ1v) is 12.6. The molecule has 3 rings (SSSR count). The van der Waals surface area contributed by atoms with Crippen LogP contribution in [0.5, 0.6) is 0 Å². The molecule has 1 aliphatic carbocycles. The smallest absolute Gasteiger partial charge is 0.105 e. The second-order valence-corrected chi connectivity index (χ2v) is 11.3. The molecule has 6 heteroatoms. The highest BCUT2D eigenvalue weighted by Crippen LogP contribution is 2.34. The Bertz CT molecular complexity index is 474. The van der Waals surface area contributed by atoms with Crippen LogP contribution in [0.4, 0.5) is 0 Å². The van der Waals surface area contributed by atoms with Crippen molar-refractivity contribution in [3.8, 4) is 0 Å². The van der Waals surface area contributed by atoms with Gasteiger partial charge in [0.25, 0.3) is 0 Å². The molecule has 0 radical (unpaired) electrons. The van der Waals surface area contributed by atoms with E-state index in [9.17, 15) is 0 Å². The Kier molecular flexibility index (Phi) is 9.15. The van der Waals surface area contributed by atoms with Gasteiger partial charge < -0.3 is 23.7 Å². The number of ether oxygens (including phenoxy) is 5. The summed E-state index contributed by atoms with van der Waals surface area (Å²) in [7, 11) is 0. The Hall–Kier alpha value is 0.150. The van der Waals surface area contributed by atoms with Crippen LogP contribution in [0.3, 0.4) is 0 Å². The average Bonchev–Trinajstić information content (AvgIpc) is 3.09. The highest BCUT2D eigenvalue weighted by molar-refractivity contribution is 7.99. The molecule has 0 aromatic heterocycles. The van der Waals surface area contributed by atoms with Crippen molar-refractivity contribution in [3.05, 3.63) is 0 Å². The van der Waals surface area contributed by atoms with Crippen LogP contribution in [-0.4, -0.2) is 67.1 Å². The molecule has 2 aliphatic heterocycles. The minimum absolute atomic E-state index is 0.134. The van der Waals surface area contributed by atoms with Crippen molar-refractivity contribution in [1.82, 2.24) is 0 Å². The quantitative estimate of drug-likeness (QED) is 0.363. The molecular formula is C23H42O5S. The molecule has 0 aromatic carbocycles. The van der Waals surface area contributed by atoms with Crippen molar-refractivity contribution in [1.29, 1.82) is 0 Å². The van der Waals surface area contributed by atoms with Crippen LogP contribution in [0.15, 0.2) is 0 Å². The normalized spacial score (nSPS) is 26.7. The molecule has 0 amide bonds. The number of rotatable bonds is 14. The Morgan fingerprint density at radius 3 is 2.24 bits per heavy atom. The van der Waals surface area contributed by atoms with Gasteiger partial charge >= 0.3 is 0 Å². The fourth-order valence-electron chi connectivity index (χ4n) is 3.99. The molecule has 0 spiro atoms. The van der Waals surface area contributed by atoms with Gasteiger partial charge in [0.1, 0.15) is 6.10 Å². The zero-order chi connectivity index (χ0) is 20.7. The lowest BCUT2D eigenvalue weighted by Gasteiger charge is -2.40. The van der Waals surface area contributed by atoms with Crippen LogP contribution >= 0.6 is 11.8 Å². The lowest BCUT2D eigenvalue weighted by molar-refractivity contribution is -0.196. The molecule has 0 N–H and O–H groups in total. The monoisotopic (exact) mass is 430 g/mol. The minimum Gasteiger partial charge on any atom is -0.379 e. The van der Waals surface area contributed by atoms with Crippen molar-refractivity contribution in [2.75, 3.05) is 32.4 Å². The van der Waals surface area contributed by atoms with E-state index in [1.54, 1.807) is 0 Å². The molecule has 1 saturated carbocycles. The first-order valence-electron chi connectivity index (χ1n) is 11.6. The fraction of sp³-hybridized carbons (Fsp3) is 1.00. The van der Waals surface area contributed by atoms with Gasteiger partial charge in [-0.2, -0.15) is 0 Å². The van der Waals surface area contributed by atoms with Gasteiger partial charge in [-0.05, 0) is 72.1 Å². The van der Waals surface area contributed by atoms with Crippen molar-refractivity contribution >= 4 is 11.8 Å². The summed E-state index contributed by atoms with van der Waals surface area (Å²) in [6.07, 6.45) is 10.0. The van der Waals surface area contributed by atoms with Crippen molar-refractivity contribution < 1.29 is 23.7 Å². The summed E-state index contributed by atoms with van der Waals surface area (Å²) < 4.78 is 29.6. The highest BCUT2D eigenvalue weighted by atomic mass is 32.2. The maximum atomic E-state index is 6.51. The SMILES string of the molecule is CC(CCC(C)(CCC(C)(C)OC1CCOC1)OC1COC1)SCOC1CCC1. The van der Waals surface area contributed by atoms with Crippen molar-refractivity contribution in [2.24, 2.45) is 0 Å². The van der Waals surface area contributed by atoms with Crippen LogP contribution in [-0.2, 0) is 23.7 Å². The standard InChI is InChI=1S/C23H42O5S/c1-18(29-17-26-19-6-5-7-19)8-10-23(4,28-21-15-25-16-21)12-11-22(2,3)27-20-9-13-24-14-20/h18-21H,5-17H2,1-4H3. The van der Waals surface area contributed by atoms with E-state index >= 15 is 0 Å². The molecule has 3 unspecified atom stereocenters. The summed E-state index contributed by atoms with van der Waals surface area (Å²) in [4.78, 5) is 0. The maximum Gasteiger partial charge on any atom is 0.105 e. The van der Waals surface area contributed by atoms with Gasteiger partial charge in [0.05, 0.1) is 49.2 Å². The fourth-order valence-corrected chi connectivity index (χ4v) is 4.78. The van der Waals surface area contributed by atoms with Gasteiger partial charge in [-0.25, -0.2) is 0 Å². The molecular weight excluding hydrogens is 388 g/mol. The van der Waals surface area contributed by atoms with Crippen LogP contribution in [0.1, 0.15) is 79.1 Å². The molecule has 29 heavy (non-hydrogen) atoms. The first-order chi connectivity index (χ1) is 13.8. The van der Waals surface area contributed by atoms with Crippen molar-refractivity contribution in [2.45, 2.75) is 114 Å². The molecule has 5 nitrogen and oxygen atoms in total. The van der Waals surface area contributed by atoms with Crippen molar-refractivity contribution in [3.63, 3.8) is 0 Å². The molecule has 0 aromatic rings. The van der Waals surface area contributed by atoms with E-state index in [0.29, 0.717) is 11.4 Å². The van der Waals surface area contributed by atoms with Gasteiger partial charge in [0, 0.05) is 11.9 Å². The van der Waals surface area contributed by atoms with Gasteiger partial charge in [0.15, 0.2) is 0 Å². The Balaban J connectivity index is 1.42. The molecule has 3 fully saturated rings. The summed E-state index contributed by atoms with van der Waals surface area (Å²) in [6, 6.07) is 0. The van der Waals surface area contributed by atoms with Gasteiger partial charge in [-0.1, -0.05) is 6.92 Å². The molecule has 3 atom stereocenters. The third-order valence-corrected chi connectivity index (χ3v) is 7.55. The van der Waals surface area contributed by atoms with Gasteiger partial charge in [0.2, 0.25) is 0 Å². The van der Waals surface area contributed by atoms with Gasteiger partial charge in [-0.15, -0.1) is 11.8 Å². The summed E-state index contributed by atoms with van der Waals surface area (Å²) >= 11 is 1.94. The average molecular weight is 431 g/mol. The van der Waals surface area contributed by atoms with Crippen LogP contribution < -0.4 is 0 Å². The largest absolute Gasteiger partial charge is 0.379 e. The van der Waals surface area contributed by atoms with E-state index in [4.69, 9.17) is 23.7 Å². The first kappa shape index (κ1) is 23.8. The maximum absolute atomic E-state index is 6.51. The Morgan fingerprint density at radius 2 is 1.66 bits per heavy atom. The zero-order valence-corrected chi connectivity index (χ0v) is 19.8. The zero-order valence-electron chi connectivity index (χ0n) is 19.0. The second kappa shape index (κ2) is 11.1. The van der Waals surface area contributed by atoms with E-state index in [-0.39, 0.29) is 23.4 Å². The minimum atomic E-state index is -0.157. The summed E-state index contributed by atoms with van der Waals surface area (Å²) in [5, 5.41) is 0.579. The van der Waals surface area contributed by atoms with Crippen LogP contribution in [0.25, 0.3) is 0 Å². The molecule has 3 aliphatic rings. The second-order valence-electron chi connectivity index (χ2n) is 9.94. The predicted octanol–water partition coefficient (Wildman–Crippen LogP) is 4.95. The van der Waals surface area contributed by atoms with Crippen LogP contribution in [0.2, 0.25) is 0 Å². The highest BCUT2D eigenvalue weighted by Gasteiger charge is 2.35. The molecule has 2 heterocycles. The topological polar surface area (TPSA) is 46.2 Å². The summed E-state index contributed by atoms with van der Waals surface area (Å²) in [5.41, 5.74) is -0.291. The molecule has 0 bridgehead atoms. The van der Waals surface area contributed by atoms with Gasteiger partial charge in [-0.3, -0.25) is 0 Å². The van der Waals surface area contributed by atoms with E-state index in [1.165, 1.54) is 19.3 Å². The van der Waals surface area contributed by atoms with E-state index < -0.39 is 0 Å². The molecule has 2 saturated heterocycles. The van der Waals surface area contributed by atoms with E-state index in [1.807, 2.05) is 11.8 Å². The summed E-state index contributed by atoms with van der Waals surface area (Å²) in [5.74, 6) is 0.824. The third kappa shape index (κ3) is 8.30. The number of thioether (sulfide) groups is 1. The summed E-state index contributed by atoms with van der Waals surface area (Å²) in [6.45, 7) is 12.0. The third-order valence-electron chi connectivity index (χ3n) is 6.48. The predicted molar refractivity (Wildman–Crippen MR) is 118 cm³/mol. The van der Waals surface area contributed by atoms with E-state index in [2.05, 4.69) is 27.7 Å². The van der Waals surface area contributed by atoms with E-state index in [0.717, 1.165) is 64.5 Å². The lowest BCUT2D eigenvalue weighted by atomic mass is 9.88. The number of hydrogen-bond acceptors (Lipinski definition) is 6. The molecule has 170 valence electrons. The lowest BCUT2D eigenvalue weighted by Crippen LogP contribution is -2.45.